The molecule has 0 bridgehead atoms. The Morgan fingerprint density at radius 3 is 2.25 bits per heavy atom. The van der Waals surface area contributed by atoms with Gasteiger partial charge >= 0.3 is 0 Å². The first kappa shape index (κ1) is 17.6. The van der Waals surface area contributed by atoms with E-state index in [-0.39, 0.29) is 0 Å². The van der Waals surface area contributed by atoms with Gasteiger partial charge in [-0.05, 0) is 32.4 Å². The molecule has 1 aliphatic heterocycles. The topological polar surface area (TPSA) is 12.0 Å². The van der Waals surface area contributed by atoms with Crippen molar-refractivity contribution in [1.29, 1.82) is 0 Å². The fraction of sp³-hybridized carbons (Fsp3) is 0.600. The molecule has 1 rings (SSSR count). The third-order valence-electron chi connectivity index (χ3n) is 2.26. The number of allylic oxidation sites excluding steroid dienone is 2. The van der Waals surface area contributed by atoms with Gasteiger partial charge in [0.25, 0.3) is 0 Å². The van der Waals surface area contributed by atoms with E-state index in [1.807, 2.05) is 33.8 Å². The van der Waals surface area contributed by atoms with Gasteiger partial charge in [0, 0.05) is 6.54 Å². The van der Waals surface area contributed by atoms with Crippen molar-refractivity contribution in [2.24, 2.45) is 0 Å². The maximum Gasteiger partial charge on any atom is 0.0205 e. The van der Waals surface area contributed by atoms with Crippen molar-refractivity contribution in [1.82, 2.24) is 5.32 Å². The molecule has 1 heterocycles. The second-order valence-electron chi connectivity index (χ2n) is 3.32. The normalized spacial score (nSPS) is 15.5. The van der Waals surface area contributed by atoms with Crippen molar-refractivity contribution in [3.8, 4) is 0 Å². The zero-order valence-corrected chi connectivity index (χ0v) is 12.0. The summed E-state index contributed by atoms with van der Waals surface area (Å²) in [7, 11) is 0. The van der Waals surface area contributed by atoms with Gasteiger partial charge in [-0.3, -0.25) is 0 Å². The van der Waals surface area contributed by atoms with Gasteiger partial charge in [-0.1, -0.05) is 57.6 Å². The van der Waals surface area contributed by atoms with Crippen molar-refractivity contribution >= 4 is 0 Å². The van der Waals surface area contributed by atoms with Crippen LogP contribution in [-0.2, 0) is 0 Å². The Kier molecular flexibility index (Phi) is 13.5. The molecule has 0 spiro atoms. The van der Waals surface area contributed by atoms with Crippen molar-refractivity contribution in [2.45, 2.75) is 48.0 Å². The monoisotopic (exact) mass is 223 g/mol. The Labute approximate surface area is 102 Å². The fourth-order valence-corrected chi connectivity index (χ4v) is 1.32. The SMILES string of the molecule is C=C/C(C)=C\C1=C(C)CCNC1.CC.CC. The molecule has 1 heteroatoms. The number of rotatable bonds is 2. The third-order valence-corrected chi connectivity index (χ3v) is 2.26. The predicted octanol–water partition coefficient (Wildman–Crippen LogP) is 4.48. The Hall–Kier alpha value is -0.820. The van der Waals surface area contributed by atoms with E-state index in [1.165, 1.54) is 23.1 Å². The van der Waals surface area contributed by atoms with Crippen LogP contribution in [-0.4, -0.2) is 13.1 Å². The van der Waals surface area contributed by atoms with Gasteiger partial charge in [0.05, 0.1) is 0 Å². The number of hydrogen-bond acceptors (Lipinski definition) is 1. The van der Waals surface area contributed by atoms with E-state index < -0.39 is 0 Å². The highest BCUT2D eigenvalue weighted by atomic mass is 14.9. The summed E-state index contributed by atoms with van der Waals surface area (Å²) in [5, 5.41) is 3.36. The highest BCUT2D eigenvalue weighted by Gasteiger charge is 2.05. The van der Waals surface area contributed by atoms with Gasteiger partial charge in [0.1, 0.15) is 0 Å². The first-order valence-corrected chi connectivity index (χ1v) is 6.44. The fourth-order valence-electron chi connectivity index (χ4n) is 1.32. The van der Waals surface area contributed by atoms with Crippen LogP contribution in [0.2, 0.25) is 0 Å². The van der Waals surface area contributed by atoms with E-state index in [4.69, 9.17) is 0 Å². The van der Waals surface area contributed by atoms with E-state index in [2.05, 4.69) is 31.8 Å². The molecule has 0 amide bonds. The molecular weight excluding hydrogens is 194 g/mol. The second kappa shape index (κ2) is 12.3. The van der Waals surface area contributed by atoms with Gasteiger partial charge in [0.2, 0.25) is 0 Å². The minimum atomic E-state index is 1.01. The molecule has 0 unspecified atom stereocenters. The summed E-state index contributed by atoms with van der Waals surface area (Å²) in [6, 6.07) is 0. The van der Waals surface area contributed by atoms with Crippen LogP contribution in [0.4, 0.5) is 0 Å². The molecule has 0 aromatic rings. The molecule has 0 atom stereocenters. The largest absolute Gasteiger partial charge is 0.312 e. The molecule has 0 fully saturated rings. The molecule has 1 N–H and O–H groups in total. The highest BCUT2D eigenvalue weighted by Crippen LogP contribution is 2.14. The third kappa shape index (κ3) is 7.47. The van der Waals surface area contributed by atoms with Crippen LogP contribution >= 0.6 is 0 Å². The van der Waals surface area contributed by atoms with Crippen molar-refractivity contribution in [3.05, 3.63) is 35.5 Å². The van der Waals surface area contributed by atoms with Crippen LogP contribution in [0.15, 0.2) is 35.5 Å². The Morgan fingerprint density at radius 2 is 1.81 bits per heavy atom. The smallest absolute Gasteiger partial charge is 0.0205 e. The van der Waals surface area contributed by atoms with E-state index in [0.717, 1.165) is 13.1 Å². The standard InChI is InChI=1S/C11H17N.2C2H6/c1-4-9(2)7-11-8-12-6-5-10(11)3;2*1-2/h4,7,12H,1,5-6,8H2,2-3H3;2*1-2H3/b9-7-;;. The Morgan fingerprint density at radius 1 is 1.25 bits per heavy atom. The van der Waals surface area contributed by atoms with Gasteiger partial charge in [-0.25, -0.2) is 0 Å². The van der Waals surface area contributed by atoms with E-state index in [0.29, 0.717) is 0 Å². The van der Waals surface area contributed by atoms with Crippen molar-refractivity contribution in [3.63, 3.8) is 0 Å². The zero-order chi connectivity index (χ0) is 13.0. The van der Waals surface area contributed by atoms with Crippen LogP contribution < -0.4 is 5.32 Å². The summed E-state index contributed by atoms with van der Waals surface area (Å²) in [5.74, 6) is 0. The molecule has 0 saturated heterocycles. The van der Waals surface area contributed by atoms with Gasteiger partial charge < -0.3 is 5.32 Å². The summed E-state index contributed by atoms with van der Waals surface area (Å²) in [4.78, 5) is 0. The van der Waals surface area contributed by atoms with Crippen LogP contribution in [0.1, 0.15) is 48.0 Å². The molecule has 0 radical (unpaired) electrons. The lowest BCUT2D eigenvalue weighted by Crippen LogP contribution is -2.23. The lowest BCUT2D eigenvalue weighted by atomic mass is 10.0. The highest BCUT2D eigenvalue weighted by molar-refractivity contribution is 5.33. The summed E-state index contributed by atoms with van der Waals surface area (Å²) < 4.78 is 0. The van der Waals surface area contributed by atoms with Crippen LogP contribution in [0.25, 0.3) is 0 Å². The lowest BCUT2D eigenvalue weighted by molar-refractivity contribution is 0.686. The molecule has 0 aromatic carbocycles. The minimum absolute atomic E-state index is 1.01. The van der Waals surface area contributed by atoms with Gasteiger partial charge in [-0.15, -0.1) is 0 Å². The average molecular weight is 223 g/mol. The quantitative estimate of drug-likeness (QED) is 0.681. The Balaban J connectivity index is 0. The molecule has 1 aliphatic rings. The van der Waals surface area contributed by atoms with Crippen LogP contribution in [0, 0.1) is 0 Å². The predicted molar refractivity (Wildman–Crippen MR) is 76.8 cm³/mol. The first-order chi connectivity index (χ1) is 7.74. The summed E-state index contributed by atoms with van der Waals surface area (Å²) >= 11 is 0. The zero-order valence-electron chi connectivity index (χ0n) is 12.0. The molecular formula is C15H29N. The van der Waals surface area contributed by atoms with E-state index >= 15 is 0 Å². The maximum absolute atomic E-state index is 3.74. The number of nitrogens with one attached hydrogen (secondary N) is 1. The minimum Gasteiger partial charge on any atom is -0.312 e. The molecule has 0 saturated carbocycles. The van der Waals surface area contributed by atoms with Gasteiger partial charge in [-0.2, -0.15) is 0 Å². The lowest BCUT2D eigenvalue weighted by Gasteiger charge is -2.16. The van der Waals surface area contributed by atoms with E-state index in [9.17, 15) is 0 Å². The van der Waals surface area contributed by atoms with Crippen molar-refractivity contribution < 1.29 is 0 Å². The summed E-state index contributed by atoms with van der Waals surface area (Å²) in [5.41, 5.74) is 4.18. The molecule has 16 heavy (non-hydrogen) atoms. The second-order valence-corrected chi connectivity index (χ2v) is 3.32. The van der Waals surface area contributed by atoms with Crippen LogP contribution in [0.5, 0.6) is 0 Å². The average Bonchev–Trinajstić information content (AvgIpc) is 2.37. The summed E-state index contributed by atoms with van der Waals surface area (Å²) in [6.07, 6.45) is 5.29. The maximum atomic E-state index is 3.74. The summed E-state index contributed by atoms with van der Waals surface area (Å²) in [6.45, 7) is 18.2. The Bertz CT molecular complexity index is 234. The molecule has 0 aliphatic carbocycles. The molecule has 0 aromatic heterocycles. The number of hydrogen-bond donors (Lipinski definition) is 1. The van der Waals surface area contributed by atoms with E-state index in [1.54, 1.807) is 0 Å². The first-order valence-electron chi connectivity index (χ1n) is 6.44. The van der Waals surface area contributed by atoms with Crippen molar-refractivity contribution in [2.75, 3.05) is 13.1 Å². The molecule has 94 valence electrons. The van der Waals surface area contributed by atoms with Gasteiger partial charge in [0.15, 0.2) is 0 Å². The molecule has 1 nitrogen and oxygen atoms in total. The van der Waals surface area contributed by atoms with Crippen LogP contribution in [0.3, 0.4) is 0 Å².